The highest BCUT2D eigenvalue weighted by molar-refractivity contribution is 7.84. The second-order valence-corrected chi connectivity index (χ2v) is 5.88. The average Bonchev–Trinajstić information content (AvgIpc) is 2.29. The highest BCUT2D eigenvalue weighted by atomic mass is 32.2. The molecule has 0 radical (unpaired) electrons. The molecule has 0 saturated carbocycles. The smallest absolute Gasteiger partial charge is 0.0360 e. The Morgan fingerprint density at radius 2 is 1.94 bits per heavy atom. The topological polar surface area (TPSA) is 29.1 Å². The lowest BCUT2D eigenvalue weighted by molar-refractivity contribution is 0.596. The molecule has 0 aliphatic carbocycles. The fourth-order valence-corrected chi connectivity index (χ4v) is 2.14. The fourth-order valence-electron chi connectivity index (χ4n) is 1.51. The van der Waals surface area contributed by atoms with Gasteiger partial charge in [0.1, 0.15) is 0 Å². The van der Waals surface area contributed by atoms with E-state index >= 15 is 0 Å². The third kappa shape index (κ3) is 4.45. The van der Waals surface area contributed by atoms with Crippen molar-refractivity contribution in [3.05, 3.63) is 35.4 Å². The maximum absolute atomic E-state index is 11.2. The van der Waals surface area contributed by atoms with Gasteiger partial charge >= 0.3 is 0 Å². The van der Waals surface area contributed by atoms with Gasteiger partial charge in [-0.1, -0.05) is 36.8 Å². The molecule has 0 aliphatic heterocycles. The minimum atomic E-state index is -0.666. The van der Waals surface area contributed by atoms with Crippen LogP contribution in [0.4, 0.5) is 0 Å². The zero-order chi connectivity index (χ0) is 12.0. The van der Waals surface area contributed by atoms with Gasteiger partial charge in [-0.2, -0.15) is 0 Å². The lowest BCUT2D eigenvalue weighted by atomic mass is 10.1. The number of rotatable bonds is 6. The van der Waals surface area contributed by atoms with Gasteiger partial charge in [0.05, 0.1) is 0 Å². The van der Waals surface area contributed by atoms with Crippen molar-refractivity contribution < 1.29 is 4.21 Å². The quantitative estimate of drug-likeness (QED) is 0.826. The maximum Gasteiger partial charge on any atom is 0.0360 e. The van der Waals surface area contributed by atoms with Gasteiger partial charge in [0.15, 0.2) is 0 Å². The summed E-state index contributed by atoms with van der Waals surface area (Å²) in [5.41, 5.74) is 2.57. The van der Waals surface area contributed by atoms with Crippen molar-refractivity contribution in [2.45, 2.75) is 26.8 Å². The predicted octanol–water partition coefficient (Wildman–Crippen LogP) is 2.41. The van der Waals surface area contributed by atoms with E-state index in [-0.39, 0.29) is 0 Å². The summed E-state index contributed by atoms with van der Waals surface area (Å²) >= 11 is 0. The van der Waals surface area contributed by atoms with Crippen LogP contribution in [-0.4, -0.2) is 22.3 Å². The molecule has 3 heteroatoms. The van der Waals surface area contributed by atoms with E-state index in [0.29, 0.717) is 6.04 Å². The van der Waals surface area contributed by atoms with E-state index < -0.39 is 10.8 Å². The second-order valence-electron chi connectivity index (χ2n) is 4.02. The summed E-state index contributed by atoms with van der Waals surface area (Å²) in [4.78, 5) is 0. The van der Waals surface area contributed by atoms with Gasteiger partial charge in [-0.3, -0.25) is 4.21 Å². The third-order valence-corrected chi connectivity index (χ3v) is 3.98. The van der Waals surface area contributed by atoms with Crippen molar-refractivity contribution in [1.82, 2.24) is 5.32 Å². The van der Waals surface area contributed by atoms with E-state index in [0.717, 1.165) is 18.1 Å². The summed E-state index contributed by atoms with van der Waals surface area (Å²) < 4.78 is 11.2. The summed E-state index contributed by atoms with van der Waals surface area (Å²) in [6, 6.07) is 8.86. The van der Waals surface area contributed by atoms with E-state index in [1.54, 1.807) is 0 Å². The molecule has 2 nitrogen and oxygen atoms in total. The van der Waals surface area contributed by atoms with E-state index in [1.165, 1.54) is 11.1 Å². The SMILES string of the molecule is CCS(=O)CCNC(C)c1ccc(C)cc1. The monoisotopic (exact) mass is 239 g/mol. The molecule has 0 bridgehead atoms. The van der Waals surface area contributed by atoms with E-state index in [9.17, 15) is 4.21 Å². The van der Waals surface area contributed by atoms with Crippen molar-refractivity contribution in [2.24, 2.45) is 0 Å². The van der Waals surface area contributed by atoms with Gasteiger partial charge in [-0.25, -0.2) is 0 Å². The maximum atomic E-state index is 11.2. The summed E-state index contributed by atoms with van der Waals surface area (Å²) in [5.74, 6) is 1.49. The average molecular weight is 239 g/mol. The molecule has 0 saturated heterocycles. The van der Waals surface area contributed by atoms with Crippen LogP contribution in [0, 0.1) is 6.92 Å². The van der Waals surface area contributed by atoms with Crippen molar-refractivity contribution in [3.8, 4) is 0 Å². The zero-order valence-corrected chi connectivity index (χ0v) is 11.1. The third-order valence-electron chi connectivity index (χ3n) is 2.68. The van der Waals surface area contributed by atoms with Crippen LogP contribution in [0.1, 0.15) is 31.0 Å². The standard InChI is InChI=1S/C13H21NOS/c1-4-16(15)10-9-14-12(3)13-7-5-11(2)6-8-13/h5-8,12,14H,4,9-10H2,1-3H3. The first-order chi connectivity index (χ1) is 7.63. The van der Waals surface area contributed by atoms with Crippen LogP contribution < -0.4 is 5.32 Å². The van der Waals surface area contributed by atoms with Crippen LogP contribution in [0.15, 0.2) is 24.3 Å². The number of hydrogen-bond donors (Lipinski definition) is 1. The Labute approximate surface area is 101 Å². The van der Waals surface area contributed by atoms with Crippen molar-refractivity contribution in [3.63, 3.8) is 0 Å². The minimum absolute atomic E-state index is 0.328. The Morgan fingerprint density at radius 1 is 1.31 bits per heavy atom. The van der Waals surface area contributed by atoms with E-state index in [4.69, 9.17) is 0 Å². The van der Waals surface area contributed by atoms with E-state index in [1.807, 2.05) is 6.92 Å². The lowest BCUT2D eigenvalue weighted by Gasteiger charge is -2.14. The Bertz CT molecular complexity index is 334. The van der Waals surface area contributed by atoms with Crippen LogP contribution in [0.25, 0.3) is 0 Å². The highest BCUT2D eigenvalue weighted by Gasteiger charge is 2.04. The Hall–Kier alpha value is -0.670. The van der Waals surface area contributed by atoms with Crippen LogP contribution in [0.3, 0.4) is 0 Å². The highest BCUT2D eigenvalue weighted by Crippen LogP contribution is 2.12. The molecule has 1 N–H and O–H groups in total. The molecule has 0 aromatic heterocycles. The zero-order valence-electron chi connectivity index (χ0n) is 10.3. The lowest BCUT2D eigenvalue weighted by Crippen LogP contribution is -2.24. The molecule has 0 aliphatic rings. The first kappa shape index (κ1) is 13.4. The van der Waals surface area contributed by atoms with Crippen LogP contribution in [0.2, 0.25) is 0 Å². The van der Waals surface area contributed by atoms with Gasteiger partial charge in [-0.15, -0.1) is 0 Å². The number of aryl methyl sites for hydroxylation is 1. The Kier molecular flexibility index (Phi) is 5.71. The van der Waals surface area contributed by atoms with Crippen molar-refractivity contribution >= 4 is 10.8 Å². The molecule has 2 unspecified atom stereocenters. The number of hydrogen-bond acceptors (Lipinski definition) is 2. The van der Waals surface area contributed by atoms with Gasteiger partial charge in [0.25, 0.3) is 0 Å². The molecular weight excluding hydrogens is 218 g/mol. The molecule has 0 spiro atoms. The summed E-state index contributed by atoms with van der Waals surface area (Å²) in [6.45, 7) is 7.00. The molecular formula is C13H21NOS. The number of nitrogens with one attached hydrogen (secondary N) is 1. The van der Waals surface area contributed by atoms with Crippen LogP contribution in [0.5, 0.6) is 0 Å². The number of benzene rings is 1. The van der Waals surface area contributed by atoms with Crippen molar-refractivity contribution in [2.75, 3.05) is 18.1 Å². The van der Waals surface area contributed by atoms with Crippen molar-refractivity contribution in [1.29, 1.82) is 0 Å². The molecule has 1 aromatic carbocycles. The van der Waals surface area contributed by atoms with E-state index in [2.05, 4.69) is 43.4 Å². The first-order valence-electron chi connectivity index (χ1n) is 5.78. The summed E-state index contributed by atoms with van der Waals surface area (Å²) in [5, 5.41) is 3.39. The van der Waals surface area contributed by atoms with Crippen LogP contribution in [-0.2, 0) is 10.8 Å². The van der Waals surface area contributed by atoms with Gasteiger partial charge < -0.3 is 5.32 Å². The Balaban J connectivity index is 2.37. The van der Waals surface area contributed by atoms with Crippen LogP contribution >= 0.6 is 0 Å². The molecule has 0 fully saturated rings. The Morgan fingerprint density at radius 3 is 2.50 bits per heavy atom. The molecule has 1 rings (SSSR count). The molecule has 0 heterocycles. The minimum Gasteiger partial charge on any atom is -0.309 e. The molecule has 90 valence electrons. The summed E-state index contributed by atoms with van der Waals surface area (Å²) in [6.07, 6.45) is 0. The second kappa shape index (κ2) is 6.81. The first-order valence-corrected chi connectivity index (χ1v) is 7.27. The molecule has 0 amide bonds. The van der Waals surface area contributed by atoms with Gasteiger partial charge in [0, 0.05) is 34.9 Å². The predicted molar refractivity (Wildman–Crippen MR) is 71.1 cm³/mol. The summed E-state index contributed by atoms with van der Waals surface area (Å²) in [7, 11) is -0.666. The fraction of sp³-hybridized carbons (Fsp3) is 0.538. The van der Waals surface area contributed by atoms with Gasteiger partial charge in [-0.05, 0) is 19.4 Å². The van der Waals surface area contributed by atoms with Gasteiger partial charge in [0.2, 0.25) is 0 Å². The largest absolute Gasteiger partial charge is 0.309 e. The molecule has 2 atom stereocenters. The molecule has 16 heavy (non-hydrogen) atoms. The normalized spacial score (nSPS) is 14.7. The molecule has 1 aromatic rings.